The van der Waals surface area contributed by atoms with E-state index in [0.717, 1.165) is 51.6 Å². The first-order valence-electron chi connectivity index (χ1n) is 11.1. The number of fused-ring (bicyclic) bond motifs is 2. The second-order valence-electron chi connectivity index (χ2n) is 9.15. The number of ether oxygens (including phenoxy) is 1. The molecule has 2 aliphatic rings. The van der Waals surface area contributed by atoms with Gasteiger partial charge in [0.15, 0.2) is 0 Å². The van der Waals surface area contributed by atoms with Gasteiger partial charge in [0.25, 0.3) is 0 Å². The van der Waals surface area contributed by atoms with Crippen LogP contribution in [-0.2, 0) is 16.0 Å². The number of nitrogens with zero attached hydrogens (tertiary/aromatic N) is 2. The Morgan fingerprint density at radius 3 is 2.66 bits per heavy atom. The van der Waals surface area contributed by atoms with Crippen LogP contribution in [0.25, 0.3) is 27.5 Å². The topological polar surface area (TPSA) is 80.1 Å². The highest BCUT2D eigenvalue weighted by Crippen LogP contribution is 2.51. The molecule has 1 aliphatic carbocycles. The highest BCUT2D eigenvalue weighted by atomic mass is 19.1. The minimum atomic E-state index is -0.722. The second-order valence-corrected chi connectivity index (χ2v) is 9.15. The smallest absolute Gasteiger partial charge is 0.309 e. The summed E-state index contributed by atoms with van der Waals surface area (Å²) in [7, 11) is 0. The van der Waals surface area contributed by atoms with Crippen LogP contribution >= 0.6 is 0 Å². The quantitative estimate of drug-likeness (QED) is 0.467. The van der Waals surface area contributed by atoms with Crippen molar-refractivity contribution in [2.24, 2.45) is 5.41 Å². The lowest BCUT2D eigenvalue weighted by molar-refractivity contribution is -0.143. The van der Waals surface area contributed by atoms with Crippen molar-refractivity contribution in [2.75, 3.05) is 13.2 Å². The van der Waals surface area contributed by atoms with E-state index in [1.807, 2.05) is 0 Å². The maximum atomic E-state index is 13.8. The molecule has 0 spiro atoms. The van der Waals surface area contributed by atoms with Crippen LogP contribution in [-0.4, -0.2) is 39.1 Å². The van der Waals surface area contributed by atoms with E-state index in [0.29, 0.717) is 32.5 Å². The molecular formula is C25H24FN3O3. The van der Waals surface area contributed by atoms with Crippen molar-refractivity contribution in [3.8, 4) is 5.69 Å². The van der Waals surface area contributed by atoms with Gasteiger partial charge < -0.3 is 14.4 Å². The molecule has 0 amide bonds. The molecule has 7 heteroatoms. The zero-order valence-electron chi connectivity index (χ0n) is 17.6. The van der Waals surface area contributed by atoms with Gasteiger partial charge in [-0.2, -0.15) is 5.10 Å². The standard InChI is InChI=1S/C25H24FN3O3/c26-17-1-3-18(4-2-17)29-22-11-16-14-27-28-21(16)12-19(22)20(13-25(7-8-25)24(30)31)23(29)15-5-9-32-10-6-15/h1-4,11-12,14-15H,5-10,13H2,(H,27,28)(H,30,31). The number of aromatic nitrogens is 3. The number of aromatic amines is 1. The molecule has 1 saturated carbocycles. The summed E-state index contributed by atoms with van der Waals surface area (Å²) < 4.78 is 21.6. The highest BCUT2D eigenvalue weighted by Gasteiger charge is 2.51. The lowest BCUT2D eigenvalue weighted by atomic mass is 9.87. The normalized spacial score (nSPS) is 18.4. The Morgan fingerprint density at radius 1 is 1.22 bits per heavy atom. The second kappa shape index (κ2) is 7.17. The number of carboxylic acids is 1. The Balaban J connectivity index is 1.67. The maximum absolute atomic E-state index is 13.8. The van der Waals surface area contributed by atoms with E-state index < -0.39 is 11.4 Å². The Kier molecular flexibility index (Phi) is 4.37. The molecule has 164 valence electrons. The average Bonchev–Trinajstić information content (AvgIpc) is 3.35. The first-order valence-corrected chi connectivity index (χ1v) is 11.1. The predicted octanol–water partition coefficient (Wildman–Crippen LogP) is 4.95. The maximum Gasteiger partial charge on any atom is 0.309 e. The number of H-pyrrole nitrogens is 1. The fraction of sp³-hybridized carbons (Fsp3) is 0.360. The molecular weight excluding hydrogens is 409 g/mol. The van der Waals surface area contributed by atoms with Gasteiger partial charge in [-0.05, 0) is 74.1 Å². The van der Waals surface area contributed by atoms with E-state index in [-0.39, 0.29) is 11.7 Å². The largest absolute Gasteiger partial charge is 0.481 e. The monoisotopic (exact) mass is 433 g/mol. The summed E-state index contributed by atoms with van der Waals surface area (Å²) in [5, 5.41) is 19.2. The molecule has 1 aliphatic heterocycles. The lowest BCUT2D eigenvalue weighted by Crippen LogP contribution is -2.21. The molecule has 6 nitrogen and oxygen atoms in total. The van der Waals surface area contributed by atoms with Crippen molar-refractivity contribution in [3.05, 3.63) is 59.7 Å². The van der Waals surface area contributed by atoms with Gasteiger partial charge in [-0.1, -0.05) is 0 Å². The molecule has 2 fully saturated rings. The minimum absolute atomic E-state index is 0.247. The molecule has 0 bridgehead atoms. The van der Waals surface area contributed by atoms with Crippen LogP contribution in [0.4, 0.5) is 4.39 Å². The third-order valence-electron chi connectivity index (χ3n) is 7.19. The van der Waals surface area contributed by atoms with E-state index >= 15 is 0 Å². The summed E-state index contributed by atoms with van der Waals surface area (Å²) in [6.45, 7) is 1.37. The van der Waals surface area contributed by atoms with Crippen LogP contribution in [0, 0.1) is 11.2 Å². The van der Waals surface area contributed by atoms with Crippen LogP contribution in [0.2, 0.25) is 0 Å². The molecule has 3 heterocycles. The summed E-state index contributed by atoms with van der Waals surface area (Å²) in [6, 6.07) is 10.7. The van der Waals surface area contributed by atoms with Gasteiger partial charge in [0.05, 0.1) is 22.6 Å². The minimum Gasteiger partial charge on any atom is -0.481 e. The predicted molar refractivity (Wildman–Crippen MR) is 119 cm³/mol. The molecule has 0 unspecified atom stereocenters. The zero-order valence-corrected chi connectivity index (χ0v) is 17.6. The van der Waals surface area contributed by atoms with Gasteiger partial charge in [0.1, 0.15) is 5.82 Å². The van der Waals surface area contributed by atoms with Crippen molar-refractivity contribution in [2.45, 2.75) is 38.0 Å². The molecule has 2 aromatic carbocycles. The number of carboxylic acid groups (broad SMARTS) is 1. The van der Waals surface area contributed by atoms with Crippen LogP contribution in [0.15, 0.2) is 42.6 Å². The number of benzene rings is 2. The number of hydrogen-bond donors (Lipinski definition) is 2. The molecule has 2 N–H and O–H groups in total. The molecule has 2 aromatic heterocycles. The summed E-state index contributed by atoms with van der Waals surface area (Å²) in [5.74, 6) is -0.754. The van der Waals surface area contributed by atoms with Crippen molar-refractivity contribution in [3.63, 3.8) is 0 Å². The van der Waals surface area contributed by atoms with E-state index in [4.69, 9.17) is 4.74 Å². The van der Waals surface area contributed by atoms with E-state index in [9.17, 15) is 14.3 Å². The first kappa shape index (κ1) is 19.5. The third kappa shape index (κ3) is 3.03. The van der Waals surface area contributed by atoms with Crippen molar-refractivity contribution in [1.29, 1.82) is 0 Å². The Labute approximate surface area is 184 Å². The molecule has 6 rings (SSSR count). The summed E-state index contributed by atoms with van der Waals surface area (Å²) in [5.41, 5.74) is 4.35. The SMILES string of the molecule is O=C(O)C1(Cc2c(C3CCOCC3)n(-c3ccc(F)cc3)c3cc4cn[nH]c4cc23)CC1. The van der Waals surface area contributed by atoms with Crippen molar-refractivity contribution in [1.82, 2.24) is 14.8 Å². The number of halogens is 1. The fourth-order valence-electron chi connectivity index (χ4n) is 5.22. The van der Waals surface area contributed by atoms with Gasteiger partial charge in [0, 0.05) is 41.3 Å². The number of carbonyl (C=O) groups is 1. The first-order chi connectivity index (χ1) is 15.6. The number of aliphatic carboxylic acids is 1. The van der Waals surface area contributed by atoms with Crippen LogP contribution in [0.5, 0.6) is 0 Å². The van der Waals surface area contributed by atoms with E-state index in [1.54, 1.807) is 18.3 Å². The zero-order chi connectivity index (χ0) is 21.9. The average molecular weight is 433 g/mol. The Bertz CT molecular complexity index is 1330. The molecule has 32 heavy (non-hydrogen) atoms. The number of hydrogen-bond acceptors (Lipinski definition) is 3. The Hall–Kier alpha value is -3.19. The van der Waals surface area contributed by atoms with Gasteiger partial charge in [-0.15, -0.1) is 0 Å². The molecule has 4 aromatic rings. The lowest BCUT2D eigenvalue weighted by Gasteiger charge is -2.26. The number of nitrogens with one attached hydrogen (secondary N) is 1. The van der Waals surface area contributed by atoms with Gasteiger partial charge >= 0.3 is 5.97 Å². The highest BCUT2D eigenvalue weighted by molar-refractivity contribution is 5.99. The van der Waals surface area contributed by atoms with Gasteiger partial charge in [0.2, 0.25) is 0 Å². The van der Waals surface area contributed by atoms with E-state index in [1.165, 1.54) is 12.1 Å². The van der Waals surface area contributed by atoms with Gasteiger partial charge in [-0.25, -0.2) is 4.39 Å². The van der Waals surface area contributed by atoms with Crippen molar-refractivity contribution < 1.29 is 19.0 Å². The summed E-state index contributed by atoms with van der Waals surface area (Å²) in [4.78, 5) is 12.1. The Morgan fingerprint density at radius 2 is 1.97 bits per heavy atom. The van der Waals surface area contributed by atoms with Crippen LogP contribution < -0.4 is 0 Å². The number of rotatable bonds is 5. The molecule has 0 atom stereocenters. The van der Waals surface area contributed by atoms with Gasteiger partial charge in [-0.3, -0.25) is 9.89 Å². The van der Waals surface area contributed by atoms with Crippen molar-refractivity contribution >= 4 is 27.8 Å². The summed E-state index contributed by atoms with van der Waals surface area (Å²) >= 11 is 0. The van der Waals surface area contributed by atoms with E-state index in [2.05, 4.69) is 26.9 Å². The van der Waals surface area contributed by atoms with Crippen LogP contribution in [0.3, 0.4) is 0 Å². The summed E-state index contributed by atoms with van der Waals surface area (Å²) in [6.07, 6.45) is 5.45. The molecule has 1 saturated heterocycles. The molecule has 0 radical (unpaired) electrons. The fourth-order valence-corrected chi connectivity index (χ4v) is 5.22. The van der Waals surface area contributed by atoms with Crippen LogP contribution in [0.1, 0.15) is 42.9 Å². The third-order valence-corrected chi connectivity index (χ3v) is 7.19.